The molecule has 0 atom stereocenters. The van der Waals surface area contributed by atoms with E-state index in [0.717, 1.165) is 5.56 Å². The predicted molar refractivity (Wildman–Crippen MR) is 75.2 cm³/mol. The molecule has 0 spiro atoms. The van der Waals surface area contributed by atoms with Gasteiger partial charge < -0.3 is 4.18 Å². The number of halogens is 1. The van der Waals surface area contributed by atoms with Gasteiger partial charge in [-0.1, -0.05) is 17.7 Å². The van der Waals surface area contributed by atoms with Crippen LogP contribution in [0.4, 0.5) is 0 Å². The van der Waals surface area contributed by atoms with Crippen LogP contribution in [-0.2, 0) is 10.1 Å². The van der Waals surface area contributed by atoms with Gasteiger partial charge in [-0.15, -0.1) is 0 Å². The van der Waals surface area contributed by atoms with Gasteiger partial charge in [0.25, 0.3) is 0 Å². The Morgan fingerprint density at radius 2 is 1.80 bits per heavy atom. The molecule has 2 aromatic carbocycles. The topological polar surface area (TPSA) is 67.2 Å². The molecule has 6 heteroatoms. The zero-order chi connectivity index (χ0) is 14.8. The quantitative estimate of drug-likeness (QED) is 0.816. The normalized spacial score (nSPS) is 10.8. The molecule has 4 nitrogen and oxygen atoms in total. The standard InChI is InChI=1S/C14H10ClNO3S/c1-10-2-7-13(15)14(8-10)19-20(17,18)12-5-3-11(9-16)4-6-12/h2-8H,1H3. The van der Waals surface area contributed by atoms with Crippen molar-refractivity contribution in [1.29, 1.82) is 5.26 Å². The SMILES string of the molecule is Cc1ccc(Cl)c(OS(=O)(=O)c2ccc(C#N)cc2)c1. The summed E-state index contributed by atoms with van der Waals surface area (Å²) in [6.07, 6.45) is 0. The van der Waals surface area contributed by atoms with Crippen LogP contribution in [0.3, 0.4) is 0 Å². The molecule has 0 saturated heterocycles. The summed E-state index contributed by atoms with van der Waals surface area (Å²) in [5.74, 6) is 0.0797. The fourth-order valence-corrected chi connectivity index (χ4v) is 2.68. The maximum Gasteiger partial charge on any atom is 0.339 e. The number of hydrogen-bond donors (Lipinski definition) is 0. The van der Waals surface area contributed by atoms with E-state index >= 15 is 0 Å². The zero-order valence-electron chi connectivity index (χ0n) is 10.5. The third kappa shape index (κ3) is 3.10. The predicted octanol–water partition coefficient (Wildman–Crippen LogP) is 3.29. The van der Waals surface area contributed by atoms with Crippen LogP contribution >= 0.6 is 11.6 Å². The Bertz CT molecular complexity index is 777. The van der Waals surface area contributed by atoms with Crippen molar-refractivity contribution in [3.8, 4) is 11.8 Å². The van der Waals surface area contributed by atoms with Gasteiger partial charge in [0.05, 0.1) is 16.7 Å². The lowest BCUT2D eigenvalue weighted by Gasteiger charge is -2.09. The fraction of sp³-hybridized carbons (Fsp3) is 0.0714. The summed E-state index contributed by atoms with van der Waals surface area (Å²) in [7, 11) is -3.97. The van der Waals surface area contributed by atoms with Gasteiger partial charge >= 0.3 is 10.1 Å². The second-order valence-electron chi connectivity index (χ2n) is 4.11. The van der Waals surface area contributed by atoms with Crippen molar-refractivity contribution in [2.75, 3.05) is 0 Å². The Morgan fingerprint density at radius 3 is 2.40 bits per heavy atom. The first-order chi connectivity index (χ1) is 9.42. The van der Waals surface area contributed by atoms with E-state index in [2.05, 4.69) is 0 Å². The Labute approximate surface area is 122 Å². The van der Waals surface area contributed by atoms with E-state index in [9.17, 15) is 8.42 Å². The van der Waals surface area contributed by atoms with Crippen molar-refractivity contribution in [1.82, 2.24) is 0 Å². The Hall–Kier alpha value is -2.03. The Kier molecular flexibility index (Phi) is 3.98. The number of hydrogen-bond acceptors (Lipinski definition) is 4. The first-order valence-electron chi connectivity index (χ1n) is 5.63. The van der Waals surface area contributed by atoms with E-state index in [1.54, 1.807) is 25.1 Å². The second-order valence-corrected chi connectivity index (χ2v) is 6.06. The third-order valence-corrected chi connectivity index (χ3v) is 4.12. The highest BCUT2D eigenvalue weighted by Crippen LogP contribution is 2.28. The van der Waals surface area contributed by atoms with E-state index < -0.39 is 10.1 Å². The molecular weight excluding hydrogens is 298 g/mol. The average molecular weight is 308 g/mol. The van der Waals surface area contributed by atoms with Crippen molar-refractivity contribution in [2.45, 2.75) is 11.8 Å². The highest BCUT2D eigenvalue weighted by Gasteiger charge is 2.18. The summed E-state index contributed by atoms with van der Waals surface area (Å²) < 4.78 is 29.2. The molecule has 0 N–H and O–H groups in total. The summed E-state index contributed by atoms with van der Waals surface area (Å²) in [6, 6.07) is 12.2. The van der Waals surface area contributed by atoms with E-state index in [4.69, 9.17) is 21.0 Å². The summed E-state index contributed by atoms with van der Waals surface area (Å²) in [4.78, 5) is -0.0333. The van der Waals surface area contributed by atoms with Gasteiger partial charge in [0.1, 0.15) is 4.90 Å². The van der Waals surface area contributed by atoms with Crippen LogP contribution in [-0.4, -0.2) is 8.42 Å². The number of aryl methyl sites for hydroxylation is 1. The van der Waals surface area contributed by atoms with E-state index in [1.165, 1.54) is 24.3 Å². The van der Waals surface area contributed by atoms with E-state index in [-0.39, 0.29) is 15.7 Å². The minimum absolute atomic E-state index is 0.0333. The molecule has 0 aromatic heterocycles. The molecular formula is C14H10ClNO3S. The highest BCUT2D eigenvalue weighted by atomic mass is 35.5. The minimum Gasteiger partial charge on any atom is -0.377 e. The molecule has 0 aliphatic carbocycles. The zero-order valence-corrected chi connectivity index (χ0v) is 12.1. The summed E-state index contributed by atoms with van der Waals surface area (Å²) in [5, 5.41) is 8.90. The summed E-state index contributed by atoms with van der Waals surface area (Å²) >= 11 is 5.90. The molecule has 0 aliphatic heterocycles. The minimum atomic E-state index is -3.97. The van der Waals surface area contributed by atoms with Crippen LogP contribution in [0.1, 0.15) is 11.1 Å². The fourth-order valence-electron chi connectivity index (χ4n) is 1.54. The summed E-state index contributed by atoms with van der Waals surface area (Å²) in [6.45, 7) is 1.80. The largest absolute Gasteiger partial charge is 0.377 e. The van der Waals surface area contributed by atoms with Gasteiger partial charge in [0.15, 0.2) is 5.75 Å². The van der Waals surface area contributed by atoms with Crippen molar-refractivity contribution < 1.29 is 12.6 Å². The Balaban J connectivity index is 2.35. The van der Waals surface area contributed by atoms with E-state index in [0.29, 0.717) is 5.56 Å². The smallest absolute Gasteiger partial charge is 0.339 e. The first kappa shape index (κ1) is 14.4. The van der Waals surface area contributed by atoms with Crippen molar-refractivity contribution in [3.05, 3.63) is 58.6 Å². The average Bonchev–Trinajstić information content (AvgIpc) is 2.43. The molecule has 0 fully saturated rings. The van der Waals surface area contributed by atoms with Crippen LogP contribution in [0.5, 0.6) is 5.75 Å². The van der Waals surface area contributed by atoms with Gasteiger partial charge in [-0.3, -0.25) is 0 Å². The lowest BCUT2D eigenvalue weighted by Crippen LogP contribution is -2.10. The van der Waals surface area contributed by atoms with Gasteiger partial charge in [-0.05, 0) is 48.9 Å². The molecule has 0 saturated carbocycles. The number of rotatable bonds is 3. The molecule has 102 valence electrons. The van der Waals surface area contributed by atoms with Crippen LogP contribution < -0.4 is 4.18 Å². The number of nitriles is 1. The van der Waals surface area contributed by atoms with Crippen LogP contribution in [0, 0.1) is 18.3 Å². The molecule has 0 heterocycles. The molecule has 0 bridgehead atoms. The lowest BCUT2D eigenvalue weighted by atomic mass is 10.2. The molecule has 2 aromatic rings. The molecule has 0 aliphatic rings. The second kappa shape index (κ2) is 5.53. The molecule has 0 amide bonds. The van der Waals surface area contributed by atoms with Crippen LogP contribution in [0.2, 0.25) is 5.02 Å². The molecule has 0 unspecified atom stereocenters. The van der Waals surface area contributed by atoms with Gasteiger partial charge in [-0.2, -0.15) is 13.7 Å². The monoisotopic (exact) mass is 307 g/mol. The van der Waals surface area contributed by atoms with Gasteiger partial charge in [0, 0.05) is 0 Å². The molecule has 2 rings (SSSR count). The van der Waals surface area contributed by atoms with Crippen LogP contribution in [0.15, 0.2) is 47.4 Å². The van der Waals surface area contributed by atoms with Crippen molar-refractivity contribution in [2.24, 2.45) is 0 Å². The van der Waals surface area contributed by atoms with Crippen molar-refractivity contribution in [3.63, 3.8) is 0 Å². The third-order valence-electron chi connectivity index (χ3n) is 2.56. The number of benzene rings is 2. The van der Waals surface area contributed by atoms with Gasteiger partial charge in [-0.25, -0.2) is 0 Å². The Morgan fingerprint density at radius 1 is 1.15 bits per heavy atom. The maximum atomic E-state index is 12.1. The van der Waals surface area contributed by atoms with Gasteiger partial charge in [0.2, 0.25) is 0 Å². The molecule has 0 radical (unpaired) electrons. The number of nitrogens with zero attached hydrogens (tertiary/aromatic N) is 1. The van der Waals surface area contributed by atoms with Crippen LogP contribution in [0.25, 0.3) is 0 Å². The lowest BCUT2D eigenvalue weighted by molar-refractivity contribution is 0.486. The highest BCUT2D eigenvalue weighted by molar-refractivity contribution is 7.87. The van der Waals surface area contributed by atoms with Crippen molar-refractivity contribution >= 4 is 21.7 Å². The summed E-state index contributed by atoms with van der Waals surface area (Å²) in [5.41, 5.74) is 1.21. The molecule has 20 heavy (non-hydrogen) atoms. The van der Waals surface area contributed by atoms with E-state index in [1.807, 2.05) is 6.07 Å². The maximum absolute atomic E-state index is 12.1. The first-order valence-corrected chi connectivity index (χ1v) is 7.42.